The summed E-state index contributed by atoms with van der Waals surface area (Å²) >= 11 is 6.20. The molecule has 1 atom stereocenters. The van der Waals surface area contributed by atoms with Gasteiger partial charge in [-0.1, -0.05) is 36.2 Å². The molecule has 170 valence electrons. The molecule has 1 amide bonds. The summed E-state index contributed by atoms with van der Waals surface area (Å²) in [4.78, 5) is 33.3. The first kappa shape index (κ1) is 22.8. The highest BCUT2D eigenvalue weighted by atomic mass is 35.5. The van der Waals surface area contributed by atoms with Gasteiger partial charge in [0.25, 0.3) is 5.56 Å². The second-order valence-electron chi connectivity index (χ2n) is 8.13. The van der Waals surface area contributed by atoms with E-state index in [9.17, 15) is 9.59 Å². The number of benzene rings is 2. The number of amides is 1. The second-order valence-corrected chi connectivity index (χ2v) is 8.57. The zero-order valence-electron chi connectivity index (χ0n) is 18.9. The fraction of sp³-hybridized carbons (Fsp3) is 0.269. The number of rotatable bonds is 7. The van der Waals surface area contributed by atoms with Gasteiger partial charge in [-0.05, 0) is 62.7 Å². The highest BCUT2D eigenvalue weighted by molar-refractivity contribution is 6.31. The van der Waals surface area contributed by atoms with Crippen molar-refractivity contribution in [2.24, 2.45) is 0 Å². The zero-order chi connectivity index (χ0) is 23.5. The monoisotopic (exact) mass is 463 g/mol. The van der Waals surface area contributed by atoms with Crippen LogP contribution in [0.2, 0.25) is 5.02 Å². The predicted octanol–water partition coefficient (Wildman–Crippen LogP) is 5.83. The molecular weight excluding hydrogens is 438 g/mol. The molecule has 4 aromatic rings. The Morgan fingerprint density at radius 3 is 2.61 bits per heavy atom. The minimum atomic E-state index is -0.494. The number of fused-ring (bicyclic) bond motifs is 1. The van der Waals surface area contributed by atoms with Crippen LogP contribution in [0.1, 0.15) is 49.9 Å². The minimum absolute atomic E-state index is 0.0303. The average molecular weight is 464 g/mol. The van der Waals surface area contributed by atoms with Crippen LogP contribution in [0, 0.1) is 6.92 Å². The largest absolute Gasteiger partial charge is 0.467 e. The van der Waals surface area contributed by atoms with Crippen LogP contribution in [0.4, 0.5) is 0 Å². The molecule has 0 spiro atoms. The van der Waals surface area contributed by atoms with E-state index in [0.29, 0.717) is 46.0 Å². The molecule has 0 aliphatic heterocycles. The van der Waals surface area contributed by atoms with Crippen molar-refractivity contribution in [3.63, 3.8) is 0 Å². The van der Waals surface area contributed by atoms with E-state index in [4.69, 9.17) is 21.0 Å². The molecule has 0 aliphatic rings. The molecule has 0 radical (unpaired) electrons. The van der Waals surface area contributed by atoms with E-state index in [-0.39, 0.29) is 18.0 Å². The lowest BCUT2D eigenvalue weighted by molar-refractivity contribution is -0.134. The molecule has 0 fully saturated rings. The third-order valence-electron chi connectivity index (χ3n) is 5.68. The second kappa shape index (κ2) is 9.63. The third kappa shape index (κ3) is 4.71. The van der Waals surface area contributed by atoms with E-state index in [0.717, 1.165) is 5.56 Å². The first-order chi connectivity index (χ1) is 15.9. The van der Waals surface area contributed by atoms with Crippen LogP contribution in [0.15, 0.2) is 70.1 Å². The Hall–Kier alpha value is -3.38. The van der Waals surface area contributed by atoms with E-state index in [1.165, 1.54) is 0 Å². The molecule has 0 saturated carbocycles. The van der Waals surface area contributed by atoms with Gasteiger partial charge in [0.05, 0.1) is 35.4 Å². The summed E-state index contributed by atoms with van der Waals surface area (Å²) in [5.74, 6) is 1.10. The van der Waals surface area contributed by atoms with E-state index in [2.05, 4.69) is 0 Å². The maximum Gasteiger partial charge on any atom is 0.266 e. The molecule has 6 nitrogen and oxygen atoms in total. The van der Waals surface area contributed by atoms with Crippen molar-refractivity contribution < 1.29 is 9.21 Å². The first-order valence-corrected chi connectivity index (χ1v) is 11.4. The first-order valence-electron chi connectivity index (χ1n) is 11.0. The number of carbonyl (C=O) groups is 1. The van der Waals surface area contributed by atoms with Crippen LogP contribution in [0.25, 0.3) is 16.6 Å². The SMILES string of the molecule is CCCC(=O)N(Cc1ccco1)C(C)c1nc2cc(Cl)ccc2c(=O)n1-c1ccc(C)cc1. The Balaban J connectivity index is 1.92. The Bertz CT molecular complexity index is 1330. The van der Waals surface area contributed by atoms with E-state index in [1.54, 1.807) is 40.0 Å². The van der Waals surface area contributed by atoms with E-state index >= 15 is 0 Å². The standard InChI is InChI=1S/C26H26ClN3O3/c1-4-6-24(31)29(16-21-7-5-14-33-21)18(3)25-28-23-15-19(27)10-13-22(23)26(32)30(25)20-11-8-17(2)9-12-20/h5,7-15,18H,4,6,16H2,1-3H3. The summed E-state index contributed by atoms with van der Waals surface area (Å²) in [5.41, 5.74) is 2.07. The van der Waals surface area contributed by atoms with Gasteiger partial charge in [0.15, 0.2) is 0 Å². The number of hydrogen-bond acceptors (Lipinski definition) is 4. The topological polar surface area (TPSA) is 68.3 Å². The van der Waals surface area contributed by atoms with Crippen molar-refractivity contribution in [3.8, 4) is 5.69 Å². The normalized spacial score (nSPS) is 12.1. The molecular formula is C26H26ClN3O3. The molecule has 0 N–H and O–H groups in total. The van der Waals surface area contributed by atoms with Crippen LogP contribution in [0.3, 0.4) is 0 Å². The van der Waals surface area contributed by atoms with Gasteiger partial charge in [0.1, 0.15) is 11.6 Å². The van der Waals surface area contributed by atoms with Gasteiger partial charge in [-0.2, -0.15) is 0 Å². The lowest BCUT2D eigenvalue weighted by atomic mass is 10.1. The van der Waals surface area contributed by atoms with Crippen molar-refractivity contribution in [1.29, 1.82) is 0 Å². The van der Waals surface area contributed by atoms with Gasteiger partial charge in [-0.15, -0.1) is 0 Å². The van der Waals surface area contributed by atoms with Crippen molar-refractivity contribution in [3.05, 3.63) is 93.4 Å². The van der Waals surface area contributed by atoms with Crippen LogP contribution < -0.4 is 5.56 Å². The zero-order valence-corrected chi connectivity index (χ0v) is 19.7. The minimum Gasteiger partial charge on any atom is -0.467 e. The number of nitrogens with zero attached hydrogens (tertiary/aromatic N) is 3. The highest BCUT2D eigenvalue weighted by Crippen LogP contribution is 2.26. The van der Waals surface area contributed by atoms with Gasteiger partial charge < -0.3 is 9.32 Å². The van der Waals surface area contributed by atoms with Crippen LogP contribution in [0.5, 0.6) is 0 Å². The quantitative estimate of drug-likeness (QED) is 0.345. The van der Waals surface area contributed by atoms with Gasteiger partial charge in [0.2, 0.25) is 5.91 Å². The van der Waals surface area contributed by atoms with Crippen molar-refractivity contribution in [2.75, 3.05) is 0 Å². The lowest BCUT2D eigenvalue weighted by Gasteiger charge is -2.30. The molecule has 0 bridgehead atoms. The smallest absolute Gasteiger partial charge is 0.266 e. The van der Waals surface area contributed by atoms with Crippen LogP contribution in [-0.2, 0) is 11.3 Å². The summed E-state index contributed by atoms with van der Waals surface area (Å²) in [6.07, 6.45) is 2.69. The maximum absolute atomic E-state index is 13.6. The Morgan fingerprint density at radius 1 is 1.18 bits per heavy atom. The summed E-state index contributed by atoms with van der Waals surface area (Å²) < 4.78 is 7.11. The molecule has 0 aliphatic carbocycles. The van der Waals surface area contributed by atoms with Gasteiger partial charge >= 0.3 is 0 Å². The third-order valence-corrected chi connectivity index (χ3v) is 5.92. The molecule has 1 unspecified atom stereocenters. The van der Waals surface area contributed by atoms with E-state index < -0.39 is 6.04 Å². The molecule has 2 aromatic heterocycles. The molecule has 2 heterocycles. The average Bonchev–Trinajstić information content (AvgIpc) is 3.31. The molecule has 2 aromatic carbocycles. The number of furan rings is 1. The fourth-order valence-electron chi connectivity index (χ4n) is 3.91. The number of aryl methyl sites for hydroxylation is 1. The number of halogens is 1. The van der Waals surface area contributed by atoms with Gasteiger partial charge in [-0.25, -0.2) is 4.98 Å². The number of aromatic nitrogens is 2. The number of hydrogen-bond donors (Lipinski definition) is 0. The van der Waals surface area contributed by atoms with Crippen LogP contribution >= 0.6 is 11.6 Å². The Morgan fingerprint density at radius 2 is 1.94 bits per heavy atom. The lowest BCUT2D eigenvalue weighted by Crippen LogP contribution is -2.37. The Kier molecular flexibility index (Phi) is 6.65. The van der Waals surface area contributed by atoms with Crippen molar-refractivity contribution in [1.82, 2.24) is 14.5 Å². The maximum atomic E-state index is 13.6. The van der Waals surface area contributed by atoms with Crippen molar-refractivity contribution >= 4 is 28.4 Å². The summed E-state index contributed by atoms with van der Waals surface area (Å²) in [5, 5.41) is 0.962. The Labute approximate surface area is 197 Å². The van der Waals surface area contributed by atoms with Gasteiger partial charge in [0, 0.05) is 11.4 Å². The highest BCUT2D eigenvalue weighted by Gasteiger charge is 2.27. The fourth-order valence-corrected chi connectivity index (χ4v) is 4.07. The summed E-state index contributed by atoms with van der Waals surface area (Å²) in [6, 6.07) is 15.9. The predicted molar refractivity (Wildman–Crippen MR) is 130 cm³/mol. The van der Waals surface area contributed by atoms with Gasteiger partial charge in [-0.3, -0.25) is 14.2 Å². The number of carbonyl (C=O) groups excluding carboxylic acids is 1. The summed E-state index contributed by atoms with van der Waals surface area (Å²) in [6.45, 7) is 6.13. The van der Waals surface area contributed by atoms with Crippen LogP contribution in [-0.4, -0.2) is 20.4 Å². The van der Waals surface area contributed by atoms with E-state index in [1.807, 2.05) is 51.1 Å². The van der Waals surface area contributed by atoms with Crippen molar-refractivity contribution in [2.45, 2.75) is 46.2 Å². The molecule has 4 rings (SSSR count). The molecule has 7 heteroatoms. The summed E-state index contributed by atoms with van der Waals surface area (Å²) in [7, 11) is 0. The molecule has 33 heavy (non-hydrogen) atoms. The molecule has 0 saturated heterocycles.